The molecule has 0 spiro atoms. The van der Waals surface area contributed by atoms with E-state index in [0.717, 1.165) is 27.1 Å². The van der Waals surface area contributed by atoms with Crippen molar-refractivity contribution in [3.8, 4) is 0 Å². The standard InChI is InChI=1S/C29H26N2O2S/c1-20-11-6-8-16-24(20)27(22-13-4-3-5-14-22)31-29(33)26(19-23-15-10-18-34-23)30-28(32)25-17-9-7-12-21(25)2/h3-19,27H,1-2H3,(H,30,32)(H,31,33)/b26-19-/t27-/m0/s1. The van der Waals surface area contributed by atoms with Crippen LogP contribution in [0.15, 0.2) is 102 Å². The van der Waals surface area contributed by atoms with E-state index >= 15 is 0 Å². The van der Waals surface area contributed by atoms with Gasteiger partial charge < -0.3 is 10.6 Å². The van der Waals surface area contributed by atoms with Crippen LogP contribution >= 0.6 is 11.3 Å². The van der Waals surface area contributed by atoms with Crippen molar-refractivity contribution in [1.82, 2.24) is 10.6 Å². The van der Waals surface area contributed by atoms with E-state index in [-0.39, 0.29) is 23.6 Å². The molecule has 0 saturated carbocycles. The van der Waals surface area contributed by atoms with Crippen LogP contribution in [0, 0.1) is 13.8 Å². The molecule has 1 atom stereocenters. The van der Waals surface area contributed by atoms with Crippen molar-refractivity contribution in [2.75, 3.05) is 0 Å². The molecule has 2 amide bonds. The average molecular weight is 467 g/mol. The predicted octanol–water partition coefficient (Wildman–Crippen LogP) is 6.04. The summed E-state index contributed by atoms with van der Waals surface area (Å²) in [7, 11) is 0. The van der Waals surface area contributed by atoms with Crippen molar-refractivity contribution >= 4 is 29.2 Å². The third-order valence-corrected chi connectivity index (χ3v) is 6.44. The number of hydrogen-bond donors (Lipinski definition) is 2. The van der Waals surface area contributed by atoms with Gasteiger partial charge >= 0.3 is 0 Å². The van der Waals surface area contributed by atoms with Crippen molar-refractivity contribution in [3.05, 3.63) is 135 Å². The molecule has 4 nitrogen and oxygen atoms in total. The molecule has 170 valence electrons. The summed E-state index contributed by atoms with van der Waals surface area (Å²) in [6.07, 6.45) is 1.72. The first-order valence-corrected chi connectivity index (χ1v) is 11.9. The highest BCUT2D eigenvalue weighted by Gasteiger charge is 2.22. The van der Waals surface area contributed by atoms with E-state index in [0.29, 0.717) is 5.56 Å². The number of benzene rings is 3. The van der Waals surface area contributed by atoms with Gasteiger partial charge in [-0.25, -0.2) is 0 Å². The Balaban J connectivity index is 1.68. The van der Waals surface area contributed by atoms with Gasteiger partial charge in [-0.1, -0.05) is 78.9 Å². The van der Waals surface area contributed by atoms with Crippen molar-refractivity contribution < 1.29 is 9.59 Å². The van der Waals surface area contributed by atoms with Crippen LogP contribution < -0.4 is 10.6 Å². The van der Waals surface area contributed by atoms with Crippen LogP contribution in [-0.4, -0.2) is 11.8 Å². The van der Waals surface area contributed by atoms with Crippen LogP contribution in [0.4, 0.5) is 0 Å². The minimum Gasteiger partial charge on any atom is -0.340 e. The van der Waals surface area contributed by atoms with E-state index in [1.54, 1.807) is 12.1 Å². The Morgan fingerprint density at radius 1 is 0.794 bits per heavy atom. The first-order valence-electron chi connectivity index (χ1n) is 11.1. The lowest BCUT2D eigenvalue weighted by atomic mass is 9.95. The van der Waals surface area contributed by atoms with Crippen molar-refractivity contribution in [2.24, 2.45) is 0 Å². The lowest BCUT2D eigenvalue weighted by Crippen LogP contribution is -2.37. The third-order valence-electron chi connectivity index (χ3n) is 5.62. The maximum Gasteiger partial charge on any atom is 0.268 e. The second kappa shape index (κ2) is 10.8. The monoisotopic (exact) mass is 466 g/mol. The van der Waals surface area contributed by atoms with Gasteiger partial charge in [-0.3, -0.25) is 9.59 Å². The van der Waals surface area contributed by atoms with Gasteiger partial charge in [0.15, 0.2) is 0 Å². The highest BCUT2D eigenvalue weighted by molar-refractivity contribution is 7.10. The molecular weight excluding hydrogens is 440 g/mol. The zero-order valence-corrected chi connectivity index (χ0v) is 19.9. The van der Waals surface area contributed by atoms with Gasteiger partial charge in [0.05, 0.1) is 6.04 Å². The predicted molar refractivity (Wildman–Crippen MR) is 139 cm³/mol. The van der Waals surface area contributed by atoms with Crippen LogP contribution in [0.2, 0.25) is 0 Å². The fourth-order valence-electron chi connectivity index (χ4n) is 3.80. The fraction of sp³-hybridized carbons (Fsp3) is 0.103. The molecule has 0 saturated heterocycles. The molecule has 1 heterocycles. The molecule has 0 unspecified atom stereocenters. The van der Waals surface area contributed by atoms with Crippen molar-refractivity contribution in [1.29, 1.82) is 0 Å². The molecule has 5 heteroatoms. The molecule has 0 aliphatic heterocycles. The molecule has 2 N–H and O–H groups in total. The minimum atomic E-state index is -0.364. The number of nitrogens with one attached hydrogen (secondary N) is 2. The number of aryl methyl sites for hydroxylation is 2. The van der Waals surface area contributed by atoms with E-state index in [2.05, 4.69) is 10.6 Å². The smallest absolute Gasteiger partial charge is 0.268 e. The van der Waals surface area contributed by atoms with E-state index in [1.807, 2.05) is 104 Å². The van der Waals surface area contributed by atoms with Crippen LogP contribution in [0.3, 0.4) is 0 Å². The van der Waals surface area contributed by atoms with Gasteiger partial charge in [0, 0.05) is 10.4 Å². The molecular formula is C29H26N2O2S. The molecule has 0 aliphatic carbocycles. The quantitative estimate of drug-likeness (QED) is 0.326. The van der Waals surface area contributed by atoms with E-state index in [9.17, 15) is 9.59 Å². The second-order valence-electron chi connectivity index (χ2n) is 8.02. The summed E-state index contributed by atoms with van der Waals surface area (Å²) in [6, 6.07) is 28.6. The summed E-state index contributed by atoms with van der Waals surface area (Å²) in [4.78, 5) is 27.5. The molecule has 3 aromatic carbocycles. The molecule has 0 bridgehead atoms. The molecule has 0 fully saturated rings. The Labute approximate surface area is 204 Å². The normalized spacial score (nSPS) is 12.1. The molecule has 34 heavy (non-hydrogen) atoms. The summed E-state index contributed by atoms with van der Waals surface area (Å²) in [6.45, 7) is 3.90. The maximum absolute atomic E-state index is 13.6. The highest BCUT2D eigenvalue weighted by atomic mass is 32.1. The van der Waals surface area contributed by atoms with Crippen LogP contribution in [0.1, 0.15) is 43.5 Å². The molecule has 4 aromatic rings. The zero-order valence-electron chi connectivity index (χ0n) is 19.1. The van der Waals surface area contributed by atoms with Crippen LogP contribution in [0.5, 0.6) is 0 Å². The lowest BCUT2D eigenvalue weighted by Gasteiger charge is -2.22. The van der Waals surface area contributed by atoms with E-state index < -0.39 is 0 Å². The first kappa shape index (κ1) is 23.2. The first-order chi connectivity index (χ1) is 16.5. The lowest BCUT2D eigenvalue weighted by molar-refractivity contribution is -0.118. The van der Waals surface area contributed by atoms with Crippen LogP contribution in [0.25, 0.3) is 6.08 Å². The third kappa shape index (κ3) is 5.50. The average Bonchev–Trinajstić information content (AvgIpc) is 3.36. The van der Waals surface area contributed by atoms with Crippen molar-refractivity contribution in [2.45, 2.75) is 19.9 Å². The summed E-state index contributed by atoms with van der Waals surface area (Å²) in [5, 5.41) is 7.94. The highest BCUT2D eigenvalue weighted by Crippen LogP contribution is 2.25. The Kier molecular flexibility index (Phi) is 7.35. The SMILES string of the molecule is Cc1ccccc1C(=O)N/C(=C\c1cccs1)C(=O)N[C@@H](c1ccccc1)c1ccccc1C. The van der Waals surface area contributed by atoms with Gasteiger partial charge in [0.2, 0.25) is 0 Å². The summed E-state index contributed by atoms with van der Waals surface area (Å²) in [5.41, 5.74) is 4.62. The Morgan fingerprint density at radius 2 is 1.47 bits per heavy atom. The molecule has 0 aliphatic rings. The number of thiophene rings is 1. The Hall–Kier alpha value is -3.96. The number of carbonyl (C=O) groups excluding carboxylic acids is 2. The van der Waals surface area contributed by atoms with Gasteiger partial charge in [-0.05, 0) is 59.7 Å². The van der Waals surface area contributed by atoms with E-state index in [1.165, 1.54) is 11.3 Å². The largest absolute Gasteiger partial charge is 0.340 e. The van der Waals surface area contributed by atoms with Gasteiger partial charge in [0.1, 0.15) is 5.70 Å². The minimum absolute atomic E-state index is 0.199. The topological polar surface area (TPSA) is 58.2 Å². The maximum atomic E-state index is 13.6. The molecule has 0 radical (unpaired) electrons. The summed E-state index contributed by atoms with van der Waals surface area (Å²) < 4.78 is 0. The summed E-state index contributed by atoms with van der Waals surface area (Å²) in [5.74, 6) is -0.671. The number of amides is 2. The van der Waals surface area contributed by atoms with Gasteiger partial charge in [0.25, 0.3) is 11.8 Å². The number of rotatable bonds is 7. The zero-order chi connectivity index (χ0) is 23.9. The van der Waals surface area contributed by atoms with E-state index in [4.69, 9.17) is 0 Å². The van der Waals surface area contributed by atoms with Crippen molar-refractivity contribution in [3.63, 3.8) is 0 Å². The second-order valence-corrected chi connectivity index (χ2v) is 9.00. The molecule has 4 rings (SSSR count). The van der Waals surface area contributed by atoms with Gasteiger partial charge in [-0.15, -0.1) is 11.3 Å². The Morgan fingerprint density at radius 3 is 2.15 bits per heavy atom. The fourth-order valence-corrected chi connectivity index (χ4v) is 4.45. The van der Waals surface area contributed by atoms with Crippen LogP contribution in [-0.2, 0) is 4.79 Å². The summed E-state index contributed by atoms with van der Waals surface area (Å²) >= 11 is 1.50. The number of carbonyl (C=O) groups is 2. The van der Waals surface area contributed by atoms with Gasteiger partial charge in [-0.2, -0.15) is 0 Å². The Bertz CT molecular complexity index is 1310. The number of hydrogen-bond acceptors (Lipinski definition) is 3. The molecule has 1 aromatic heterocycles.